The summed E-state index contributed by atoms with van der Waals surface area (Å²) in [6, 6.07) is 4.59. The van der Waals surface area contributed by atoms with Crippen LogP contribution in [0.5, 0.6) is 5.75 Å². The molecule has 0 saturated heterocycles. The predicted molar refractivity (Wildman–Crippen MR) is 95.2 cm³/mol. The van der Waals surface area contributed by atoms with E-state index in [-0.39, 0.29) is 11.1 Å². The largest absolute Gasteiger partial charge is 0.489 e. The number of anilines is 1. The number of amides is 1. The van der Waals surface area contributed by atoms with E-state index in [1.54, 1.807) is 12.1 Å². The molecule has 2 fully saturated rings. The number of carbonyl (C=O) groups is 2. The molecular weight excluding hydrogens is 361 g/mol. The number of carbonyl (C=O) groups excluding carboxylic acids is 1. The molecule has 26 heavy (non-hydrogen) atoms. The van der Waals surface area contributed by atoms with Gasteiger partial charge in [0.2, 0.25) is 0 Å². The second-order valence-electron chi connectivity index (χ2n) is 6.75. The lowest BCUT2D eigenvalue weighted by Crippen LogP contribution is -2.55. The van der Waals surface area contributed by atoms with Gasteiger partial charge >= 0.3 is 11.9 Å². The van der Waals surface area contributed by atoms with Gasteiger partial charge in [-0.15, -0.1) is 6.42 Å². The number of terminal acetylenes is 1. The van der Waals surface area contributed by atoms with Crippen molar-refractivity contribution < 1.29 is 23.8 Å². The van der Waals surface area contributed by atoms with E-state index >= 15 is 0 Å². The number of hydrogen-bond acceptors (Lipinski definition) is 3. The average Bonchev–Trinajstić information content (AvgIpc) is 3.06. The predicted octanol–water partition coefficient (Wildman–Crippen LogP) is 3.58. The lowest BCUT2D eigenvalue weighted by atomic mass is 9.93. The van der Waals surface area contributed by atoms with Gasteiger partial charge in [0.05, 0.1) is 5.02 Å². The van der Waals surface area contributed by atoms with Gasteiger partial charge in [-0.1, -0.05) is 24.4 Å². The first-order valence-corrected chi connectivity index (χ1v) is 8.89. The van der Waals surface area contributed by atoms with Crippen molar-refractivity contribution in [2.75, 3.05) is 4.90 Å². The first kappa shape index (κ1) is 18.5. The van der Waals surface area contributed by atoms with Crippen LogP contribution in [0.4, 0.5) is 10.1 Å². The minimum atomic E-state index is -1.37. The second-order valence-corrected chi connectivity index (χ2v) is 7.16. The Morgan fingerprint density at radius 2 is 2.00 bits per heavy atom. The van der Waals surface area contributed by atoms with Gasteiger partial charge in [-0.2, -0.15) is 0 Å². The van der Waals surface area contributed by atoms with Crippen LogP contribution in [0.2, 0.25) is 5.02 Å². The van der Waals surface area contributed by atoms with E-state index in [1.807, 2.05) is 5.92 Å². The van der Waals surface area contributed by atoms with Gasteiger partial charge < -0.3 is 9.84 Å². The topological polar surface area (TPSA) is 66.8 Å². The third-order valence-corrected chi connectivity index (χ3v) is 5.38. The van der Waals surface area contributed by atoms with E-state index in [0.717, 1.165) is 4.90 Å². The molecule has 0 radical (unpaired) electrons. The van der Waals surface area contributed by atoms with E-state index in [1.165, 1.54) is 6.07 Å². The van der Waals surface area contributed by atoms with Crippen molar-refractivity contribution in [1.82, 2.24) is 0 Å². The van der Waals surface area contributed by atoms with Gasteiger partial charge in [0.25, 0.3) is 0 Å². The Morgan fingerprint density at radius 3 is 2.50 bits per heavy atom. The molecule has 0 heterocycles. The molecule has 3 rings (SSSR count). The summed E-state index contributed by atoms with van der Waals surface area (Å²) in [7, 11) is 0. The van der Waals surface area contributed by atoms with E-state index in [4.69, 9.17) is 22.8 Å². The molecule has 1 aromatic carbocycles. The minimum absolute atomic E-state index is 0.221. The molecule has 138 valence electrons. The number of carboxylic acids is 1. The molecule has 0 atom stereocenters. The third kappa shape index (κ3) is 3.24. The molecule has 1 aromatic rings. The van der Waals surface area contributed by atoms with E-state index in [0.29, 0.717) is 50.0 Å². The van der Waals surface area contributed by atoms with Gasteiger partial charge in [-0.3, -0.25) is 9.69 Å². The van der Waals surface area contributed by atoms with Gasteiger partial charge in [0.1, 0.15) is 23.6 Å². The fraction of sp³-hybridized carbons (Fsp3) is 0.474. The summed E-state index contributed by atoms with van der Waals surface area (Å²) >= 11 is 6.26. The number of carboxylic acid groups (broad SMARTS) is 1. The summed E-state index contributed by atoms with van der Waals surface area (Å²) in [6.07, 6.45) is 6.89. The molecular formula is C19H19ClFNO4. The normalized spacial score (nSPS) is 23.6. The van der Waals surface area contributed by atoms with Crippen molar-refractivity contribution in [2.24, 2.45) is 0 Å². The third-order valence-electron chi connectivity index (χ3n) is 5.09. The smallest absolute Gasteiger partial charge is 0.330 e. The number of benzene rings is 1. The molecule has 2 saturated carbocycles. The highest BCUT2D eigenvalue weighted by Gasteiger charge is 2.49. The molecule has 2 aliphatic carbocycles. The number of nitrogens with zero attached hydrogens (tertiary/aromatic N) is 1. The number of alkyl halides is 1. The molecule has 7 heteroatoms. The summed E-state index contributed by atoms with van der Waals surface area (Å²) in [5.74, 6) is 0.580. The van der Waals surface area contributed by atoms with Crippen molar-refractivity contribution in [1.29, 1.82) is 0 Å². The van der Waals surface area contributed by atoms with Gasteiger partial charge in [0, 0.05) is 18.5 Å². The fourth-order valence-electron chi connectivity index (χ4n) is 3.62. The molecule has 2 aliphatic rings. The number of aliphatic carboxylic acids is 1. The number of halogens is 2. The van der Waals surface area contributed by atoms with Crippen LogP contribution in [0.1, 0.15) is 38.5 Å². The molecule has 0 aromatic heterocycles. The maximum absolute atomic E-state index is 12.9. The van der Waals surface area contributed by atoms with Crippen molar-refractivity contribution >= 4 is 29.2 Å². The summed E-state index contributed by atoms with van der Waals surface area (Å²) < 4.78 is 18.6. The van der Waals surface area contributed by atoms with Crippen LogP contribution in [0.15, 0.2) is 18.2 Å². The van der Waals surface area contributed by atoms with Crippen molar-refractivity contribution in [3.05, 3.63) is 23.2 Å². The van der Waals surface area contributed by atoms with Crippen LogP contribution in [0, 0.1) is 12.3 Å². The Bertz CT molecular complexity index is 763. The second kappa shape index (κ2) is 7.16. The standard InChI is InChI=1S/C19H19ClFNO4/c1-2-17(23)22(19(18(24)25)7-3-4-8-19)13-5-6-16(15(20)11-13)26-14-9-12(21)10-14/h1,5-6,11-12,14H,3-4,7-10H2,(H,24,25). The highest BCUT2D eigenvalue weighted by atomic mass is 35.5. The molecule has 0 unspecified atom stereocenters. The summed E-state index contributed by atoms with van der Waals surface area (Å²) in [5.41, 5.74) is -1.06. The number of rotatable bonds is 5. The number of ether oxygens (including phenoxy) is 1. The first-order valence-electron chi connectivity index (χ1n) is 8.52. The van der Waals surface area contributed by atoms with Crippen molar-refractivity contribution in [3.63, 3.8) is 0 Å². The van der Waals surface area contributed by atoms with Crippen LogP contribution in [0.3, 0.4) is 0 Å². The molecule has 0 aliphatic heterocycles. The van der Waals surface area contributed by atoms with Crippen molar-refractivity contribution in [3.8, 4) is 18.1 Å². The Morgan fingerprint density at radius 1 is 1.35 bits per heavy atom. The fourth-order valence-corrected chi connectivity index (χ4v) is 3.84. The van der Waals surface area contributed by atoms with Crippen LogP contribution < -0.4 is 9.64 Å². The lowest BCUT2D eigenvalue weighted by Gasteiger charge is -2.37. The maximum atomic E-state index is 12.9. The van der Waals surface area contributed by atoms with Crippen LogP contribution in [0.25, 0.3) is 0 Å². The SMILES string of the molecule is C#CC(=O)N(c1ccc(OC2CC(F)C2)c(Cl)c1)C1(C(=O)O)CCCC1. The quantitative estimate of drug-likeness (QED) is 0.794. The average molecular weight is 380 g/mol. The molecule has 5 nitrogen and oxygen atoms in total. The zero-order chi connectivity index (χ0) is 18.9. The van der Waals surface area contributed by atoms with Gasteiger partial charge in [-0.05, 0) is 37.0 Å². The molecule has 0 bridgehead atoms. The zero-order valence-corrected chi connectivity index (χ0v) is 14.8. The monoisotopic (exact) mass is 379 g/mol. The highest BCUT2D eigenvalue weighted by Crippen LogP contribution is 2.41. The maximum Gasteiger partial charge on any atom is 0.330 e. The summed E-state index contributed by atoms with van der Waals surface area (Å²) in [5, 5.41) is 10.0. The van der Waals surface area contributed by atoms with E-state index in [2.05, 4.69) is 0 Å². The number of hydrogen-bond donors (Lipinski definition) is 1. The zero-order valence-electron chi connectivity index (χ0n) is 14.1. The highest BCUT2D eigenvalue weighted by molar-refractivity contribution is 6.32. The van der Waals surface area contributed by atoms with E-state index in [9.17, 15) is 19.1 Å². The lowest BCUT2D eigenvalue weighted by molar-refractivity contribution is -0.144. The summed E-state index contributed by atoms with van der Waals surface area (Å²) in [6.45, 7) is 0. The Hall–Kier alpha value is -2.26. The molecule has 1 amide bonds. The first-order chi connectivity index (χ1) is 12.4. The van der Waals surface area contributed by atoms with Crippen LogP contribution in [-0.2, 0) is 9.59 Å². The van der Waals surface area contributed by atoms with Crippen LogP contribution in [-0.4, -0.2) is 34.8 Å². The van der Waals surface area contributed by atoms with Gasteiger partial charge in [-0.25, -0.2) is 9.18 Å². The van der Waals surface area contributed by atoms with Gasteiger partial charge in [0.15, 0.2) is 0 Å². The Kier molecular flexibility index (Phi) is 5.10. The van der Waals surface area contributed by atoms with Crippen LogP contribution >= 0.6 is 11.6 Å². The minimum Gasteiger partial charge on any atom is -0.489 e. The molecule has 0 spiro atoms. The molecule has 1 N–H and O–H groups in total. The summed E-state index contributed by atoms with van der Waals surface area (Å²) in [4.78, 5) is 25.5. The Labute approximate surface area is 156 Å². The van der Waals surface area contributed by atoms with E-state index < -0.39 is 23.6 Å². The van der Waals surface area contributed by atoms with Crippen molar-refractivity contribution in [2.45, 2.75) is 56.3 Å². The Balaban J connectivity index is 1.92.